The molecule has 3 heteroatoms. The summed E-state index contributed by atoms with van der Waals surface area (Å²) in [7, 11) is 0. The van der Waals surface area contributed by atoms with Gasteiger partial charge in [-0.2, -0.15) is 0 Å². The number of carbonyl (C=O) groups excluding carboxylic acids is 1. The predicted molar refractivity (Wildman–Crippen MR) is 106 cm³/mol. The van der Waals surface area contributed by atoms with Gasteiger partial charge >= 0.3 is 0 Å². The topological polar surface area (TPSA) is 29.5 Å². The Kier molecular flexibility index (Phi) is 6.59. The van der Waals surface area contributed by atoms with Gasteiger partial charge in [0.1, 0.15) is 0 Å². The lowest BCUT2D eigenvalue weighted by Crippen LogP contribution is -2.29. The zero-order valence-corrected chi connectivity index (χ0v) is 15.9. The number of carbonyl (C=O) groups is 1. The van der Waals surface area contributed by atoms with Crippen LogP contribution in [0.5, 0.6) is 0 Å². The van der Waals surface area contributed by atoms with Gasteiger partial charge in [0.25, 0.3) is 0 Å². The van der Waals surface area contributed by atoms with Crippen molar-refractivity contribution in [2.75, 3.05) is 19.6 Å². The molecule has 1 atom stereocenters. The van der Waals surface area contributed by atoms with Gasteiger partial charge in [0.2, 0.25) is 0 Å². The fourth-order valence-corrected chi connectivity index (χ4v) is 3.47. The van der Waals surface area contributed by atoms with E-state index in [1.165, 1.54) is 16.7 Å². The number of fused-ring (bicyclic) bond motifs is 1. The number of Topliss-reactive ketones (excluding diaryl/α,β-unsaturated/α-hetero) is 1. The molecule has 0 amide bonds. The molecule has 138 valence electrons. The minimum atomic E-state index is 0.151. The Morgan fingerprint density at radius 2 is 1.81 bits per heavy atom. The van der Waals surface area contributed by atoms with Crippen molar-refractivity contribution in [1.29, 1.82) is 0 Å². The lowest BCUT2D eigenvalue weighted by molar-refractivity contribution is 0.0405. The van der Waals surface area contributed by atoms with Crippen molar-refractivity contribution < 1.29 is 9.53 Å². The molecule has 2 aromatic rings. The van der Waals surface area contributed by atoms with Crippen LogP contribution in [-0.2, 0) is 24.2 Å². The second-order valence-corrected chi connectivity index (χ2v) is 7.28. The van der Waals surface area contributed by atoms with E-state index >= 15 is 0 Å². The van der Waals surface area contributed by atoms with Crippen LogP contribution >= 0.6 is 0 Å². The summed E-state index contributed by atoms with van der Waals surface area (Å²) >= 11 is 0. The van der Waals surface area contributed by atoms with Crippen molar-refractivity contribution in [2.45, 2.75) is 45.8 Å². The van der Waals surface area contributed by atoms with E-state index in [2.05, 4.69) is 48.2 Å². The maximum Gasteiger partial charge on any atom is 0.159 e. The molecule has 0 saturated carbocycles. The zero-order valence-electron chi connectivity index (χ0n) is 15.9. The van der Waals surface area contributed by atoms with Crippen LogP contribution in [0.1, 0.15) is 47.3 Å². The Balaban J connectivity index is 1.45. The van der Waals surface area contributed by atoms with E-state index < -0.39 is 0 Å². The molecular weight excluding hydrogens is 322 g/mol. The van der Waals surface area contributed by atoms with Gasteiger partial charge in [-0.1, -0.05) is 42.5 Å². The number of hydrogen-bond acceptors (Lipinski definition) is 3. The van der Waals surface area contributed by atoms with Crippen LogP contribution in [-0.4, -0.2) is 36.4 Å². The van der Waals surface area contributed by atoms with Gasteiger partial charge in [-0.05, 0) is 55.9 Å². The first-order chi connectivity index (χ1) is 12.6. The van der Waals surface area contributed by atoms with Gasteiger partial charge in [-0.15, -0.1) is 0 Å². The third kappa shape index (κ3) is 5.26. The van der Waals surface area contributed by atoms with Gasteiger partial charge in [0.05, 0.1) is 12.7 Å². The lowest BCUT2D eigenvalue weighted by atomic mass is 9.99. The Morgan fingerprint density at radius 3 is 2.54 bits per heavy atom. The summed E-state index contributed by atoms with van der Waals surface area (Å²) in [6.45, 7) is 7.68. The zero-order chi connectivity index (χ0) is 18.4. The monoisotopic (exact) mass is 351 g/mol. The highest BCUT2D eigenvalue weighted by Crippen LogP contribution is 2.19. The first kappa shape index (κ1) is 18.8. The van der Waals surface area contributed by atoms with E-state index in [1.807, 2.05) is 12.1 Å². The Labute approximate surface area is 157 Å². The molecule has 3 nitrogen and oxygen atoms in total. The standard InChI is InChI=1S/C23H29NO2/c1-18(26-17-20-6-4-3-5-7-20)10-13-24-14-11-21-8-9-22(19(2)25)16-23(21)12-15-24/h3-9,16,18H,10-15,17H2,1-2H3. The molecule has 0 radical (unpaired) electrons. The van der Waals surface area contributed by atoms with Crippen LogP contribution in [0.2, 0.25) is 0 Å². The van der Waals surface area contributed by atoms with Crippen molar-refractivity contribution in [1.82, 2.24) is 4.90 Å². The van der Waals surface area contributed by atoms with E-state index in [1.54, 1.807) is 6.92 Å². The molecule has 1 aliphatic rings. The van der Waals surface area contributed by atoms with Gasteiger partial charge in [0, 0.05) is 25.2 Å². The fourth-order valence-electron chi connectivity index (χ4n) is 3.47. The van der Waals surface area contributed by atoms with Crippen LogP contribution in [0, 0.1) is 0 Å². The van der Waals surface area contributed by atoms with E-state index in [4.69, 9.17) is 4.74 Å². The number of rotatable bonds is 7. The molecule has 0 fully saturated rings. The number of ketones is 1. The largest absolute Gasteiger partial charge is 0.374 e. The summed E-state index contributed by atoms with van der Waals surface area (Å²) < 4.78 is 5.99. The minimum Gasteiger partial charge on any atom is -0.374 e. The van der Waals surface area contributed by atoms with Crippen LogP contribution < -0.4 is 0 Å². The highest BCUT2D eigenvalue weighted by atomic mass is 16.5. The lowest BCUT2D eigenvalue weighted by Gasteiger charge is -2.22. The van der Waals surface area contributed by atoms with Crippen molar-refractivity contribution >= 4 is 5.78 Å². The van der Waals surface area contributed by atoms with Gasteiger partial charge < -0.3 is 9.64 Å². The number of hydrogen-bond donors (Lipinski definition) is 0. The average Bonchev–Trinajstić information content (AvgIpc) is 2.87. The summed E-state index contributed by atoms with van der Waals surface area (Å²) in [5.41, 5.74) is 4.80. The Bertz CT molecular complexity index is 726. The molecule has 0 aromatic heterocycles. The third-order valence-electron chi connectivity index (χ3n) is 5.24. The molecule has 0 spiro atoms. The van der Waals surface area contributed by atoms with Crippen molar-refractivity contribution in [3.05, 3.63) is 70.8 Å². The van der Waals surface area contributed by atoms with E-state index in [9.17, 15) is 4.79 Å². The summed E-state index contributed by atoms with van der Waals surface area (Å²) in [4.78, 5) is 14.1. The molecule has 0 bridgehead atoms. The number of nitrogens with zero attached hydrogens (tertiary/aromatic N) is 1. The molecule has 0 N–H and O–H groups in total. The molecule has 1 aliphatic heterocycles. The highest BCUT2D eigenvalue weighted by Gasteiger charge is 2.16. The average molecular weight is 351 g/mol. The Morgan fingerprint density at radius 1 is 1.08 bits per heavy atom. The molecule has 26 heavy (non-hydrogen) atoms. The third-order valence-corrected chi connectivity index (χ3v) is 5.24. The first-order valence-electron chi connectivity index (χ1n) is 9.62. The molecular formula is C23H29NO2. The molecule has 1 heterocycles. The van der Waals surface area contributed by atoms with Crippen molar-refractivity contribution in [2.24, 2.45) is 0 Å². The van der Waals surface area contributed by atoms with E-state index in [0.29, 0.717) is 6.61 Å². The van der Waals surface area contributed by atoms with Crippen LogP contribution in [0.25, 0.3) is 0 Å². The highest BCUT2D eigenvalue weighted by molar-refractivity contribution is 5.94. The van der Waals surface area contributed by atoms with E-state index in [-0.39, 0.29) is 11.9 Å². The maximum atomic E-state index is 11.6. The minimum absolute atomic E-state index is 0.151. The van der Waals surface area contributed by atoms with Gasteiger partial charge in [-0.3, -0.25) is 4.79 Å². The normalized spacial score (nSPS) is 15.9. The Hall–Kier alpha value is -1.97. The predicted octanol–water partition coefficient (Wildman–Crippen LogP) is 4.29. The van der Waals surface area contributed by atoms with Crippen molar-refractivity contribution in [3.8, 4) is 0 Å². The summed E-state index contributed by atoms with van der Waals surface area (Å²) in [5, 5.41) is 0. The SMILES string of the molecule is CC(=O)c1ccc2c(c1)CCN(CCC(C)OCc1ccccc1)CC2. The number of ether oxygens (including phenoxy) is 1. The molecule has 0 saturated heterocycles. The second-order valence-electron chi connectivity index (χ2n) is 7.28. The van der Waals surface area contributed by atoms with Gasteiger partial charge in [-0.25, -0.2) is 0 Å². The van der Waals surface area contributed by atoms with E-state index in [0.717, 1.165) is 44.5 Å². The summed E-state index contributed by atoms with van der Waals surface area (Å²) in [6, 6.07) is 16.5. The molecule has 3 rings (SSSR count). The fraction of sp³-hybridized carbons (Fsp3) is 0.435. The first-order valence-corrected chi connectivity index (χ1v) is 9.62. The quantitative estimate of drug-likeness (QED) is 0.697. The van der Waals surface area contributed by atoms with Crippen LogP contribution in [0.15, 0.2) is 48.5 Å². The molecule has 0 aliphatic carbocycles. The maximum absolute atomic E-state index is 11.6. The summed E-state index contributed by atoms with van der Waals surface area (Å²) in [6.07, 6.45) is 3.38. The molecule has 1 unspecified atom stereocenters. The number of benzene rings is 2. The van der Waals surface area contributed by atoms with Crippen molar-refractivity contribution in [3.63, 3.8) is 0 Å². The summed E-state index contributed by atoms with van der Waals surface area (Å²) in [5.74, 6) is 0.151. The van der Waals surface area contributed by atoms with Gasteiger partial charge in [0.15, 0.2) is 5.78 Å². The smallest absolute Gasteiger partial charge is 0.159 e. The van der Waals surface area contributed by atoms with Crippen LogP contribution in [0.3, 0.4) is 0 Å². The van der Waals surface area contributed by atoms with Crippen LogP contribution in [0.4, 0.5) is 0 Å². The second kappa shape index (κ2) is 9.11. The molecule has 2 aromatic carbocycles.